The van der Waals surface area contributed by atoms with Crippen LogP contribution in [0.25, 0.3) is 0 Å². The molecule has 0 aromatic heterocycles. The van der Waals surface area contributed by atoms with E-state index in [2.05, 4.69) is 22.6 Å². The Labute approximate surface area is 117 Å². The first-order chi connectivity index (χ1) is 7.79. The van der Waals surface area contributed by atoms with Crippen LogP contribution in [0.4, 0.5) is 13.2 Å². The van der Waals surface area contributed by atoms with Crippen molar-refractivity contribution in [2.24, 2.45) is 5.73 Å². The van der Waals surface area contributed by atoms with Gasteiger partial charge in [0.15, 0.2) is 0 Å². The molecule has 96 valence electrons. The monoisotopic (exact) mass is 377 g/mol. The first-order valence-corrected chi connectivity index (χ1v) is 6.52. The zero-order valence-electron chi connectivity index (χ0n) is 8.90. The van der Waals surface area contributed by atoms with E-state index in [9.17, 15) is 13.2 Å². The van der Waals surface area contributed by atoms with E-state index in [-0.39, 0.29) is 6.42 Å². The predicted molar refractivity (Wildman–Crippen MR) is 71.0 cm³/mol. The van der Waals surface area contributed by atoms with Gasteiger partial charge in [-0.25, -0.2) is 0 Å². The molecule has 6 heteroatoms. The van der Waals surface area contributed by atoms with Crippen LogP contribution in [0.5, 0.6) is 0 Å². The summed E-state index contributed by atoms with van der Waals surface area (Å²) in [5.74, 6) is 0. The Hall–Kier alpha value is -0.0100. The van der Waals surface area contributed by atoms with Gasteiger partial charge >= 0.3 is 6.18 Å². The van der Waals surface area contributed by atoms with Crippen LogP contribution in [0.1, 0.15) is 30.9 Å². The van der Waals surface area contributed by atoms with Gasteiger partial charge in [-0.3, -0.25) is 0 Å². The molecule has 0 bridgehead atoms. The van der Waals surface area contributed by atoms with Crippen molar-refractivity contribution in [3.8, 4) is 0 Å². The molecule has 0 aliphatic heterocycles. The molecule has 0 heterocycles. The SMILES string of the molecule is NC(CCCC(F)(F)F)c1ccc(I)c(Cl)c1. The van der Waals surface area contributed by atoms with Crippen molar-refractivity contribution in [1.29, 1.82) is 0 Å². The Morgan fingerprint density at radius 2 is 2.00 bits per heavy atom. The number of rotatable bonds is 4. The van der Waals surface area contributed by atoms with Gasteiger partial charge in [0.1, 0.15) is 0 Å². The van der Waals surface area contributed by atoms with Crippen molar-refractivity contribution in [3.05, 3.63) is 32.4 Å². The van der Waals surface area contributed by atoms with E-state index in [0.29, 0.717) is 11.4 Å². The van der Waals surface area contributed by atoms with Crippen LogP contribution in [-0.2, 0) is 0 Å². The minimum absolute atomic E-state index is 0.0360. The van der Waals surface area contributed by atoms with E-state index in [1.54, 1.807) is 12.1 Å². The van der Waals surface area contributed by atoms with Gasteiger partial charge in [-0.2, -0.15) is 13.2 Å². The largest absolute Gasteiger partial charge is 0.389 e. The van der Waals surface area contributed by atoms with Crippen LogP contribution in [-0.4, -0.2) is 6.18 Å². The van der Waals surface area contributed by atoms with Crippen LogP contribution < -0.4 is 5.73 Å². The molecule has 1 unspecified atom stereocenters. The third-order valence-corrected chi connectivity index (χ3v) is 3.92. The zero-order valence-corrected chi connectivity index (χ0v) is 11.8. The molecule has 0 aliphatic carbocycles. The summed E-state index contributed by atoms with van der Waals surface area (Å²) in [4.78, 5) is 0. The standard InChI is InChI=1S/C11H12ClF3IN/c12-8-6-7(3-4-9(8)16)10(17)2-1-5-11(13,14)15/h3-4,6,10H,1-2,5,17H2. The molecule has 1 aromatic carbocycles. The number of hydrogen-bond donors (Lipinski definition) is 1. The highest BCUT2D eigenvalue weighted by atomic mass is 127. The summed E-state index contributed by atoms with van der Waals surface area (Å²) in [6.07, 6.45) is -4.56. The summed E-state index contributed by atoms with van der Waals surface area (Å²) in [6, 6.07) is 4.92. The fraction of sp³-hybridized carbons (Fsp3) is 0.455. The van der Waals surface area contributed by atoms with Crippen LogP contribution >= 0.6 is 34.2 Å². The molecule has 0 radical (unpaired) electrons. The topological polar surface area (TPSA) is 26.0 Å². The predicted octanol–water partition coefficient (Wildman–Crippen LogP) is 4.68. The lowest BCUT2D eigenvalue weighted by molar-refractivity contribution is -0.135. The highest BCUT2D eigenvalue weighted by molar-refractivity contribution is 14.1. The molecule has 1 nitrogen and oxygen atoms in total. The molecule has 0 saturated heterocycles. The summed E-state index contributed by atoms with van der Waals surface area (Å²) in [5.41, 5.74) is 6.59. The minimum atomic E-state index is -4.11. The van der Waals surface area contributed by atoms with Gasteiger partial charge in [-0.15, -0.1) is 0 Å². The van der Waals surface area contributed by atoms with Crippen molar-refractivity contribution >= 4 is 34.2 Å². The molecule has 17 heavy (non-hydrogen) atoms. The summed E-state index contributed by atoms with van der Waals surface area (Å²) >= 11 is 8.00. The molecule has 0 spiro atoms. The van der Waals surface area contributed by atoms with E-state index >= 15 is 0 Å². The average molecular weight is 378 g/mol. The van der Waals surface area contributed by atoms with Crippen molar-refractivity contribution in [2.45, 2.75) is 31.5 Å². The molecule has 1 aromatic rings. The Balaban J connectivity index is 2.52. The highest BCUT2D eigenvalue weighted by Crippen LogP contribution is 2.27. The molecule has 1 rings (SSSR count). The van der Waals surface area contributed by atoms with Crippen LogP contribution in [0.15, 0.2) is 18.2 Å². The fourth-order valence-electron chi connectivity index (χ4n) is 1.43. The Kier molecular flexibility index (Phi) is 5.53. The van der Waals surface area contributed by atoms with Crippen molar-refractivity contribution < 1.29 is 13.2 Å². The van der Waals surface area contributed by atoms with E-state index in [1.807, 2.05) is 6.07 Å². The summed E-state index contributed by atoms with van der Waals surface area (Å²) in [6.45, 7) is 0. The number of alkyl halides is 3. The second-order valence-corrected chi connectivity index (χ2v) is 5.36. The molecule has 0 amide bonds. The van der Waals surface area contributed by atoms with Crippen molar-refractivity contribution in [2.75, 3.05) is 0 Å². The molecular formula is C11H12ClF3IN. The first-order valence-electron chi connectivity index (χ1n) is 5.07. The van der Waals surface area contributed by atoms with Crippen molar-refractivity contribution in [3.63, 3.8) is 0 Å². The Bertz CT molecular complexity index is 381. The molecule has 2 N–H and O–H groups in total. The number of nitrogens with two attached hydrogens (primary N) is 1. The lowest BCUT2D eigenvalue weighted by Gasteiger charge is -2.13. The van der Waals surface area contributed by atoms with Gasteiger partial charge in [0, 0.05) is 16.0 Å². The normalized spacial score (nSPS) is 13.8. The molecule has 0 aliphatic rings. The maximum atomic E-state index is 12.0. The molecule has 0 fully saturated rings. The quantitative estimate of drug-likeness (QED) is 0.758. The van der Waals surface area contributed by atoms with Gasteiger partial charge in [-0.05, 0) is 53.1 Å². The fourth-order valence-corrected chi connectivity index (χ4v) is 1.96. The molecular weight excluding hydrogens is 365 g/mol. The summed E-state index contributed by atoms with van der Waals surface area (Å²) in [5, 5.41) is 0.578. The van der Waals surface area contributed by atoms with E-state index < -0.39 is 18.6 Å². The smallest absolute Gasteiger partial charge is 0.324 e. The second-order valence-electron chi connectivity index (χ2n) is 3.79. The third kappa shape index (κ3) is 5.44. The average Bonchev–Trinajstić information content (AvgIpc) is 2.20. The number of halogens is 5. The number of benzene rings is 1. The van der Waals surface area contributed by atoms with Crippen LogP contribution in [0, 0.1) is 3.57 Å². The number of hydrogen-bond acceptors (Lipinski definition) is 1. The summed E-state index contributed by atoms with van der Waals surface area (Å²) in [7, 11) is 0. The van der Waals surface area contributed by atoms with Gasteiger partial charge in [0.25, 0.3) is 0 Å². The van der Waals surface area contributed by atoms with Gasteiger partial charge in [0.05, 0.1) is 5.02 Å². The first kappa shape index (κ1) is 15.0. The van der Waals surface area contributed by atoms with E-state index in [0.717, 1.165) is 9.13 Å². The lowest BCUT2D eigenvalue weighted by atomic mass is 10.0. The van der Waals surface area contributed by atoms with Crippen LogP contribution in [0.2, 0.25) is 5.02 Å². The van der Waals surface area contributed by atoms with Gasteiger partial charge in [-0.1, -0.05) is 17.7 Å². The lowest BCUT2D eigenvalue weighted by Crippen LogP contribution is -2.13. The highest BCUT2D eigenvalue weighted by Gasteiger charge is 2.26. The van der Waals surface area contributed by atoms with Crippen LogP contribution in [0.3, 0.4) is 0 Å². The maximum absolute atomic E-state index is 12.0. The van der Waals surface area contributed by atoms with E-state index in [4.69, 9.17) is 17.3 Å². The zero-order chi connectivity index (χ0) is 13.1. The minimum Gasteiger partial charge on any atom is -0.324 e. The van der Waals surface area contributed by atoms with E-state index in [1.165, 1.54) is 0 Å². The third-order valence-electron chi connectivity index (χ3n) is 2.35. The van der Waals surface area contributed by atoms with Gasteiger partial charge < -0.3 is 5.73 Å². The van der Waals surface area contributed by atoms with Crippen molar-refractivity contribution in [1.82, 2.24) is 0 Å². The second kappa shape index (κ2) is 6.24. The molecule has 0 saturated carbocycles. The Morgan fingerprint density at radius 3 is 2.53 bits per heavy atom. The summed E-state index contributed by atoms with van der Waals surface area (Å²) < 4.78 is 36.8. The maximum Gasteiger partial charge on any atom is 0.389 e. The Morgan fingerprint density at radius 1 is 1.35 bits per heavy atom. The molecule has 1 atom stereocenters. The van der Waals surface area contributed by atoms with Gasteiger partial charge in [0.2, 0.25) is 0 Å².